The van der Waals surface area contributed by atoms with Crippen LogP contribution in [-0.2, 0) is 32.1 Å². The van der Waals surface area contributed by atoms with Crippen molar-refractivity contribution < 1.29 is 19.1 Å². The lowest BCUT2D eigenvalue weighted by Gasteiger charge is -2.11. The maximum absolute atomic E-state index is 12.3. The number of hydrogen-bond acceptors (Lipinski definition) is 5. The van der Waals surface area contributed by atoms with Crippen molar-refractivity contribution in [1.29, 1.82) is 0 Å². The Balaban J connectivity index is 2.07. The average Bonchev–Trinajstić information content (AvgIpc) is 2.66. The third-order valence-corrected chi connectivity index (χ3v) is 3.65. The molecule has 130 valence electrons. The van der Waals surface area contributed by atoms with E-state index >= 15 is 0 Å². The molecule has 0 heterocycles. The van der Waals surface area contributed by atoms with Crippen molar-refractivity contribution in [2.45, 2.75) is 19.4 Å². The number of rotatable bonds is 7. The van der Waals surface area contributed by atoms with E-state index in [-0.39, 0.29) is 17.9 Å². The number of aryl methyl sites for hydroxylation is 1. The van der Waals surface area contributed by atoms with E-state index < -0.39 is 11.9 Å². The number of benzene rings is 2. The van der Waals surface area contributed by atoms with Crippen LogP contribution in [0.1, 0.15) is 17.5 Å². The first-order valence-electron chi connectivity index (χ1n) is 7.93. The Morgan fingerprint density at radius 1 is 0.880 bits per heavy atom. The van der Waals surface area contributed by atoms with Gasteiger partial charge in [-0.25, -0.2) is 9.59 Å². The molecule has 0 spiro atoms. The second-order valence-electron chi connectivity index (χ2n) is 5.44. The Bertz CT molecular complexity index is 739. The fourth-order valence-electron chi connectivity index (χ4n) is 2.29. The fourth-order valence-corrected chi connectivity index (χ4v) is 2.29. The second kappa shape index (κ2) is 9.27. The van der Waals surface area contributed by atoms with Crippen molar-refractivity contribution in [3.05, 3.63) is 83.1 Å². The number of hydrogen-bond donors (Lipinski definition) is 1. The summed E-state index contributed by atoms with van der Waals surface area (Å²) in [6.45, 7) is 0.0616. The summed E-state index contributed by atoms with van der Waals surface area (Å²) in [6.07, 6.45) is 0.966. The predicted molar refractivity (Wildman–Crippen MR) is 94.2 cm³/mol. The van der Waals surface area contributed by atoms with Gasteiger partial charge in [-0.1, -0.05) is 60.7 Å². The average molecular weight is 339 g/mol. The smallest absolute Gasteiger partial charge is 0.347 e. The predicted octanol–water partition coefficient (Wildman–Crippen LogP) is 2.75. The second-order valence-corrected chi connectivity index (χ2v) is 5.44. The molecule has 0 unspecified atom stereocenters. The number of carbonyl (C=O) groups excluding carboxylic acids is 2. The zero-order valence-corrected chi connectivity index (χ0v) is 14.1. The number of methoxy groups -OCH3 is 1. The van der Waals surface area contributed by atoms with Crippen molar-refractivity contribution in [1.82, 2.24) is 0 Å². The maximum Gasteiger partial charge on any atom is 0.347 e. The summed E-state index contributed by atoms with van der Waals surface area (Å²) < 4.78 is 9.89. The molecule has 0 fully saturated rings. The van der Waals surface area contributed by atoms with Gasteiger partial charge in [0.25, 0.3) is 0 Å². The third-order valence-electron chi connectivity index (χ3n) is 3.65. The minimum atomic E-state index is -0.788. The van der Waals surface area contributed by atoms with Gasteiger partial charge in [0.2, 0.25) is 0 Å². The summed E-state index contributed by atoms with van der Waals surface area (Å²) in [6, 6.07) is 18.9. The van der Waals surface area contributed by atoms with Crippen LogP contribution in [0.3, 0.4) is 0 Å². The number of esters is 2. The largest absolute Gasteiger partial charge is 0.465 e. The highest BCUT2D eigenvalue weighted by molar-refractivity contribution is 6.14. The van der Waals surface area contributed by atoms with Crippen LogP contribution in [-0.4, -0.2) is 19.0 Å². The molecule has 0 saturated heterocycles. The van der Waals surface area contributed by atoms with Crippen LogP contribution in [0, 0.1) is 0 Å². The summed E-state index contributed by atoms with van der Waals surface area (Å²) in [4.78, 5) is 24.3. The normalized spacial score (nSPS) is 11.4. The lowest BCUT2D eigenvalue weighted by atomic mass is 10.1. The molecule has 2 aromatic carbocycles. The lowest BCUT2D eigenvalue weighted by Crippen LogP contribution is -2.22. The van der Waals surface area contributed by atoms with Gasteiger partial charge >= 0.3 is 11.9 Å². The van der Waals surface area contributed by atoms with Crippen LogP contribution >= 0.6 is 0 Å². The standard InChI is InChI=1S/C20H21NO4/c1-24-19(22)18(17(21)13-12-15-8-4-2-5-9-15)20(23)25-14-16-10-6-3-7-11-16/h2-11H,12-14,21H2,1H3. The Hall–Kier alpha value is -3.08. The zero-order chi connectivity index (χ0) is 18.1. The van der Waals surface area contributed by atoms with E-state index in [1.165, 1.54) is 7.11 Å². The number of ether oxygens (including phenoxy) is 2. The summed E-state index contributed by atoms with van der Waals surface area (Å²) >= 11 is 0. The molecule has 0 aromatic heterocycles. The van der Waals surface area contributed by atoms with Crippen LogP contribution in [0.15, 0.2) is 71.9 Å². The number of allylic oxidation sites excluding steroid dienone is 1. The molecular formula is C20H21NO4. The minimum Gasteiger partial charge on any atom is -0.465 e. The Labute approximate surface area is 147 Å². The minimum absolute atomic E-state index is 0.0616. The highest BCUT2D eigenvalue weighted by Crippen LogP contribution is 2.13. The lowest BCUT2D eigenvalue weighted by molar-refractivity contribution is -0.146. The molecule has 0 aliphatic carbocycles. The molecular weight excluding hydrogens is 318 g/mol. The van der Waals surface area contributed by atoms with E-state index in [2.05, 4.69) is 4.74 Å². The van der Waals surface area contributed by atoms with E-state index in [9.17, 15) is 9.59 Å². The molecule has 2 N–H and O–H groups in total. The molecule has 2 rings (SSSR count). The molecule has 5 heteroatoms. The molecule has 0 radical (unpaired) electrons. The van der Waals surface area contributed by atoms with Crippen molar-refractivity contribution in [2.75, 3.05) is 7.11 Å². The third kappa shape index (κ3) is 5.49. The molecule has 0 saturated carbocycles. The number of carbonyl (C=O) groups is 2. The van der Waals surface area contributed by atoms with E-state index in [1.54, 1.807) is 0 Å². The first-order valence-corrected chi connectivity index (χ1v) is 7.93. The summed E-state index contributed by atoms with van der Waals surface area (Å²) in [5.41, 5.74) is 7.79. The first-order chi connectivity index (χ1) is 12.1. The van der Waals surface area contributed by atoms with Gasteiger partial charge in [-0.05, 0) is 24.0 Å². The maximum atomic E-state index is 12.3. The molecule has 5 nitrogen and oxygen atoms in total. The monoisotopic (exact) mass is 339 g/mol. The van der Waals surface area contributed by atoms with Crippen molar-refractivity contribution in [3.8, 4) is 0 Å². The summed E-state index contributed by atoms with van der Waals surface area (Å²) in [5, 5.41) is 0. The Kier molecular flexibility index (Phi) is 6.77. The van der Waals surface area contributed by atoms with E-state index in [1.807, 2.05) is 60.7 Å². The van der Waals surface area contributed by atoms with Crippen molar-refractivity contribution in [3.63, 3.8) is 0 Å². The molecule has 0 amide bonds. The quantitative estimate of drug-likeness (QED) is 0.363. The highest BCUT2D eigenvalue weighted by atomic mass is 16.5. The fraction of sp³-hybridized carbons (Fsp3) is 0.200. The molecule has 0 bridgehead atoms. The van der Waals surface area contributed by atoms with Crippen LogP contribution in [0.5, 0.6) is 0 Å². The van der Waals surface area contributed by atoms with Gasteiger partial charge in [0.15, 0.2) is 5.57 Å². The van der Waals surface area contributed by atoms with Crippen LogP contribution < -0.4 is 5.73 Å². The van der Waals surface area contributed by atoms with Gasteiger partial charge in [0.1, 0.15) is 6.61 Å². The van der Waals surface area contributed by atoms with Gasteiger partial charge in [-0.2, -0.15) is 0 Å². The van der Waals surface area contributed by atoms with E-state index in [0.29, 0.717) is 12.8 Å². The first kappa shape index (κ1) is 18.3. The Morgan fingerprint density at radius 2 is 1.44 bits per heavy atom. The number of nitrogens with two attached hydrogens (primary N) is 1. The van der Waals surface area contributed by atoms with Gasteiger partial charge < -0.3 is 15.2 Å². The van der Waals surface area contributed by atoms with Crippen LogP contribution in [0.25, 0.3) is 0 Å². The molecule has 2 aromatic rings. The van der Waals surface area contributed by atoms with Gasteiger partial charge in [0.05, 0.1) is 7.11 Å². The SMILES string of the molecule is COC(=O)C(C(=O)OCc1ccccc1)=C(N)CCc1ccccc1. The molecule has 25 heavy (non-hydrogen) atoms. The Morgan fingerprint density at radius 3 is 2.00 bits per heavy atom. The van der Waals surface area contributed by atoms with Crippen molar-refractivity contribution in [2.24, 2.45) is 5.73 Å². The topological polar surface area (TPSA) is 78.6 Å². The van der Waals surface area contributed by atoms with Crippen molar-refractivity contribution >= 4 is 11.9 Å². The van der Waals surface area contributed by atoms with Crippen LogP contribution in [0.2, 0.25) is 0 Å². The summed E-state index contributed by atoms with van der Waals surface area (Å²) in [5.74, 6) is -1.56. The van der Waals surface area contributed by atoms with Gasteiger partial charge in [0, 0.05) is 5.70 Å². The van der Waals surface area contributed by atoms with E-state index in [4.69, 9.17) is 10.5 Å². The van der Waals surface area contributed by atoms with Crippen LogP contribution in [0.4, 0.5) is 0 Å². The van der Waals surface area contributed by atoms with Gasteiger partial charge in [-0.15, -0.1) is 0 Å². The summed E-state index contributed by atoms with van der Waals surface area (Å²) in [7, 11) is 1.21. The highest BCUT2D eigenvalue weighted by Gasteiger charge is 2.24. The van der Waals surface area contributed by atoms with E-state index in [0.717, 1.165) is 11.1 Å². The van der Waals surface area contributed by atoms with Gasteiger partial charge in [-0.3, -0.25) is 0 Å². The molecule has 0 atom stereocenters. The molecule has 0 aliphatic heterocycles. The molecule has 0 aliphatic rings. The zero-order valence-electron chi connectivity index (χ0n) is 14.1.